The van der Waals surface area contributed by atoms with Gasteiger partial charge in [0.05, 0.1) is 16.2 Å². The van der Waals surface area contributed by atoms with Gasteiger partial charge in [0.1, 0.15) is 5.82 Å². The van der Waals surface area contributed by atoms with Crippen molar-refractivity contribution in [3.8, 4) is 11.4 Å². The Morgan fingerprint density at radius 2 is 1.97 bits per heavy atom. The van der Waals surface area contributed by atoms with E-state index >= 15 is 0 Å². The van der Waals surface area contributed by atoms with Crippen LogP contribution in [0, 0.1) is 5.92 Å². The van der Waals surface area contributed by atoms with Gasteiger partial charge in [0.2, 0.25) is 0 Å². The maximum absolute atomic E-state index is 12.6. The summed E-state index contributed by atoms with van der Waals surface area (Å²) in [5.41, 5.74) is 1.56. The number of rotatable bonds is 5. The summed E-state index contributed by atoms with van der Waals surface area (Å²) in [6, 6.07) is 11.7. The van der Waals surface area contributed by atoms with Crippen molar-refractivity contribution in [1.29, 1.82) is 0 Å². The Hall–Kier alpha value is -3.00. The first-order valence-corrected chi connectivity index (χ1v) is 12.0. The molecule has 1 N–H and O–H groups in total. The van der Waals surface area contributed by atoms with Gasteiger partial charge in [0, 0.05) is 24.0 Å². The van der Waals surface area contributed by atoms with Crippen molar-refractivity contribution >= 4 is 22.7 Å². The van der Waals surface area contributed by atoms with Crippen LogP contribution in [0.5, 0.6) is 0 Å². The van der Waals surface area contributed by atoms with Gasteiger partial charge in [-0.15, -0.1) is 10.2 Å². The molecular weight excluding hydrogens is 420 g/mol. The Balaban J connectivity index is 1.53. The van der Waals surface area contributed by atoms with E-state index < -0.39 is 0 Å². The first-order chi connectivity index (χ1) is 15.6. The average Bonchev–Trinajstić information content (AvgIpc) is 3.23. The molecular formula is C24H26N6OS. The van der Waals surface area contributed by atoms with Crippen LogP contribution in [0.3, 0.4) is 0 Å². The van der Waals surface area contributed by atoms with Crippen LogP contribution in [0.2, 0.25) is 0 Å². The third-order valence-corrected chi connectivity index (χ3v) is 7.35. The van der Waals surface area contributed by atoms with E-state index in [1.807, 2.05) is 43.5 Å². The molecule has 32 heavy (non-hydrogen) atoms. The number of pyridine rings is 1. The van der Waals surface area contributed by atoms with Crippen LogP contribution >= 0.6 is 11.8 Å². The Kier molecular flexibility index (Phi) is 5.78. The summed E-state index contributed by atoms with van der Waals surface area (Å²) in [7, 11) is 0. The number of aromatic nitrogens is 6. The third kappa shape index (κ3) is 3.95. The van der Waals surface area contributed by atoms with Gasteiger partial charge in [-0.2, -0.15) is 0 Å². The predicted octanol–water partition coefficient (Wildman–Crippen LogP) is 5.18. The van der Waals surface area contributed by atoms with Gasteiger partial charge >= 0.3 is 0 Å². The Bertz CT molecular complexity index is 1280. The highest BCUT2D eigenvalue weighted by Crippen LogP contribution is 2.41. The number of benzene rings is 1. The number of thioether (sulfide) groups is 1. The lowest BCUT2D eigenvalue weighted by Gasteiger charge is -2.31. The lowest BCUT2D eigenvalue weighted by Crippen LogP contribution is -2.23. The summed E-state index contributed by atoms with van der Waals surface area (Å²) in [4.78, 5) is 24.5. The molecule has 3 heterocycles. The molecule has 3 aromatic heterocycles. The number of nitrogens with one attached hydrogen (secondary N) is 1. The summed E-state index contributed by atoms with van der Waals surface area (Å²) in [6.07, 6.45) is 8.40. The molecule has 164 valence electrons. The van der Waals surface area contributed by atoms with Crippen molar-refractivity contribution in [2.24, 2.45) is 5.92 Å². The molecule has 0 saturated heterocycles. The molecule has 1 saturated carbocycles. The number of hydrogen-bond acceptors (Lipinski definition) is 6. The van der Waals surface area contributed by atoms with Gasteiger partial charge in [-0.25, -0.2) is 4.98 Å². The minimum Gasteiger partial charge on any atom is -0.309 e. The van der Waals surface area contributed by atoms with Gasteiger partial charge in [-0.1, -0.05) is 43.7 Å². The van der Waals surface area contributed by atoms with Crippen molar-refractivity contribution in [1.82, 2.24) is 29.7 Å². The van der Waals surface area contributed by atoms with E-state index in [4.69, 9.17) is 4.98 Å². The first kappa shape index (κ1) is 20.9. The second kappa shape index (κ2) is 8.86. The Morgan fingerprint density at radius 3 is 2.78 bits per heavy atom. The standard InChI is InChI=1S/C24H26N6OS/c1-15-8-3-6-12-20(15)30-22(17-9-7-13-25-14-17)28-29-24(30)32-16(2)21-26-19-11-5-4-10-18(19)23(31)27-21/h4-5,7,9-11,13-16,20H,3,6,8,12H2,1-2H3,(H,26,27,31)/t15-,16+,20-/m1/s1. The highest BCUT2D eigenvalue weighted by atomic mass is 32.2. The molecule has 0 amide bonds. The minimum absolute atomic E-state index is 0.0871. The van der Waals surface area contributed by atoms with Gasteiger partial charge in [-0.3, -0.25) is 14.3 Å². The molecule has 7 nitrogen and oxygen atoms in total. The lowest BCUT2D eigenvalue weighted by atomic mass is 9.85. The van der Waals surface area contributed by atoms with Crippen LogP contribution in [0.25, 0.3) is 22.3 Å². The molecule has 1 aliphatic carbocycles. The van der Waals surface area contributed by atoms with Crippen molar-refractivity contribution in [3.63, 3.8) is 0 Å². The molecule has 1 aliphatic rings. The normalized spacial score (nSPS) is 19.8. The molecule has 5 rings (SSSR count). The largest absolute Gasteiger partial charge is 0.309 e. The van der Waals surface area contributed by atoms with Crippen LogP contribution in [-0.2, 0) is 0 Å². The predicted molar refractivity (Wildman–Crippen MR) is 127 cm³/mol. The first-order valence-electron chi connectivity index (χ1n) is 11.1. The number of fused-ring (bicyclic) bond motifs is 1. The van der Waals surface area contributed by atoms with E-state index in [2.05, 4.69) is 31.7 Å². The third-order valence-electron chi connectivity index (χ3n) is 6.28. The molecule has 4 aromatic rings. The quantitative estimate of drug-likeness (QED) is 0.425. The fourth-order valence-electron chi connectivity index (χ4n) is 4.54. The molecule has 3 atom stereocenters. The van der Waals surface area contributed by atoms with Crippen molar-refractivity contribution in [3.05, 3.63) is 65.0 Å². The Labute approximate surface area is 190 Å². The van der Waals surface area contributed by atoms with Crippen LogP contribution < -0.4 is 5.56 Å². The number of aromatic amines is 1. The van der Waals surface area contributed by atoms with Gasteiger partial charge in [0.25, 0.3) is 5.56 Å². The summed E-state index contributed by atoms with van der Waals surface area (Å²) >= 11 is 1.59. The number of para-hydroxylation sites is 1. The zero-order valence-electron chi connectivity index (χ0n) is 18.2. The van der Waals surface area contributed by atoms with E-state index in [-0.39, 0.29) is 10.8 Å². The fourth-order valence-corrected chi connectivity index (χ4v) is 5.50. The summed E-state index contributed by atoms with van der Waals surface area (Å²) in [6.45, 7) is 4.36. The van der Waals surface area contributed by atoms with Crippen molar-refractivity contribution < 1.29 is 0 Å². The van der Waals surface area contributed by atoms with Crippen LogP contribution in [0.4, 0.5) is 0 Å². The van der Waals surface area contributed by atoms with Gasteiger partial charge < -0.3 is 4.98 Å². The van der Waals surface area contributed by atoms with E-state index in [0.717, 1.165) is 23.0 Å². The second-order valence-corrected chi connectivity index (χ2v) is 9.78. The topological polar surface area (TPSA) is 89.3 Å². The van der Waals surface area contributed by atoms with Gasteiger partial charge in [0.15, 0.2) is 11.0 Å². The van der Waals surface area contributed by atoms with Crippen LogP contribution in [0.1, 0.15) is 56.6 Å². The zero-order chi connectivity index (χ0) is 22.1. The second-order valence-electron chi connectivity index (χ2n) is 8.48. The summed E-state index contributed by atoms with van der Waals surface area (Å²) < 4.78 is 2.29. The number of hydrogen-bond donors (Lipinski definition) is 1. The number of H-pyrrole nitrogens is 1. The molecule has 0 unspecified atom stereocenters. The van der Waals surface area contributed by atoms with E-state index in [0.29, 0.717) is 28.7 Å². The molecule has 0 aliphatic heterocycles. The summed E-state index contributed by atoms with van der Waals surface area (Å²) in [5, 5.41) is 10.5. The van der Waals surface area contributed by atoms with Crippen molar-refractivity contribution in [2.75, 3.05) is 0 Å². The lowest BCUT2D eigenvalue weighted by molar-refractivity contribution is 0.247. The van der Waals surface area contributed by atoms with Crippen LogP contribution in [-0.4, -0.2) is 29.7 Å². The summed E-state index contributed by atoms with van der Waals surface area (Å²) in [5.74, 6) is 2.04. The van der Waals surface area contributed by atoms with Crippen molar-refractivity contribution in [2.45, 2.75) is 56.0 Å². The van der Waals surface area contributed by atoms with Crippen LogP contribution in [0.15, 0.2) is 58.7 Å². The highest BCUT2D eigenvalue weighted by Gasteiger charge is 2.29. The molecule has 1 aromatic carbocycles. The molecule has 8 heteroatoms. The zero-order valence-corrected chi connectivity index (χ0v) is 19.0. The number of nitrogens with zero attached hydrogens (tertiary/aromatic N) is 5. The molecule has 0 spiro atoms. The maximum atomic E-state index is 12.6. The fraction of sp³-hybridized carbons (Fsp3) is 0.375. The van der Waals surface area contributed by atoms with E-state index in [1.54, 1.807) is 24.0 Å². The van der Waals surface area contributed by atoms with E-state index in [1.165, 1.54) is 19.3 Å². The van der Waals surface area contributed by atoms with E-state index in [9.17, 15) is 4.79 Å². The Morgan fingerprint density at radius 1 is 1.12 bits per heavy atom. The average molecular weight is 447 g/mol. The maximum Gasteiger partial charge on any atom is 0.258 e. The molecule has 0 bridgehead atoms. The minimum atomic E-state index is -0.114. The molecule has 1 fully saturated rings. The smallest absolute Gasteiger partial charge is 0.258 e. The SMILES string of the molecule is C[C@H](Sc1nnc(-c2cccnc2)n1[C@@H]1CCCC[C@H]1C)c1nc2ccccc2c(=O)[nH]1. The van der Waals surface area contributed by atoms with Gasteiger partial charge in [-0.05, 0) is 49.9 Å². The monoisotopic (exact) mass is 446 g/mol. The molecule has 0 radical (unpaired) electrons. The highest BCUT2D eigenvalue weighted by molar-refractivity contribution is 7.99.